The van der Waals surface area contributed by atoms with Gasteiger partial charge in [-0.15, -0.1) is 0 Å². The second-order valence-electron chi connectivity index (χ2n) is 5.51. The van der Waals surface area contributed by atoms with E-state index in [9.17, 15) is 23.3 Å². The predicted octanol–water partition coefficient (Wildman–Crippen LogP) is 5.66. The van der Waals surface area contributed by atoms with Gasteiger partial charge in [0.2, 0.25) is 0 Å². The molecule has 0 fully saturated rings. The Labute approximate surface area is 133 Å². The topological polar surface area (TPSA) is 52.4 Å². The lowest BCUT2D eigenvalue weighted by Crippen LogP contribution is -2.11. The van der Waals surface area contributed by atoms with Crippen molar-refractivity contribution in [2.24, 2.45) is 0 Å². The third-order valence-electron chi connectivity index (χ3n) is 3.52. The molecule has 0 radical (unpaired) electrons. The summed E-state index contributed by atoms with van der Waals surface area (Å²) in [6, 6.07) is 1.63. The maximum absolute atomic E-state index is 13.1. The number of unbranched alkanes of at least 4 members (excludes halogenated alkanes) is 5. The van der Waals surface area contributed by atoms with Crippen molar-refractivity contribution in [3.8, 4) is 5.75 Å². The van der Waals surface area contributed by atoms with Gasteiger partial charge in [-0.25, -0.2) is 0 Å². The Kier molecular flexibility index (Phi) is 7.32. The van der Waals surface area contributed by atoms with Crippen molar-refractivity contribution in [3.05, 3.63) is 33.4 Å². The fourth-order valence-electron chi connectivity index (χ4n) is 2.32. The summed E-state index contributed by atoms with van der Waals surface area (Å²) in [5.74, 6) is -0.309. The van der Waals surface area contributed by atoms with Gasteiger partial charge in [0.1, 0.15) is 11.3 Å². The fraction of sp³-hybridized carbons (Fsp3) is 0.625. The zero-order valence-corrected chi connectivity index (χ0v) is 13.4. The third-order valence-corrected chi connectivity index (χ3v) is 3.52. The van der Waals surface area contributed by atoms with Crippen molar-refractivity contribution in [2.45, 2.75) is 58.5 Å². The lowest BCUT2D eigenvalue weighted by molar-refractivity contribution is -0.385. The summed E-state index contributed by atoms with van der Waals surface area (Å²) >= 11 is 0. The number of halogens is 3. The molecule has 0 unspecified atom stereocenters. The lowest BCUT2D eigenvalue weighted by atomic mass is 10.1. The average Bonchev–Trinajstić information content (AvgIpc) is 2.45. The largest absolute Gasteiger partial charge is 0.493 e. The third kappa shape index (κ3) is 6.08. The molecule has 0 saturated heterocycles. The summed E-state index contributed by atoms with van der Waals surface area (Å²) < 4.78 is 44.5. The number of alkyl halides is 3. The van der Waals surface area contributed by atoms with E-state index in [4.69, 9.17) is 4.74 Å². The Bertz CT molecular complexity index is 530. The van der Waals surface area contributed by atoms with Crippen LogP contribution in [0.5, 0.6) is 5.75 Å². The van der Waals surface area contributed by atoms with Crippen molar-refractivity contribution < 1.29 is 22.8 Å². The molecule has 0 aliphatic rings. The van der Waals surface area contributed by atoms with Crippen LogP contribution in [0.1, 0.15) is 56.6 Å². The first-order valence-corrected chi connectivity index (χ1v) is 7.76. The molecule has 0 spiro atoms. The highest BCUT2D eigenvalue weighted by atomic mass is 19.4. The highest BCUT2D eigenvalue weighted by Gasteiger charge is 2.37. The molecule has 0 N–H and O–H groups in total. The predicted molar refractivity (Wildman–Crippen MR) is 81.7 cm³/mol. The van der Waals surface area contributed by atoms with Crippen LogP contribution >= 0.6 is 0 Å². The molecule has 0 saturated carbocycles. The quantitative estimate of drug-likeness (QED) is 0.333. The number of hydrogen-bond acceptors (Lipinski definition) is 3. The molecule has 0 aliphatic carbocycles. The van der Waals surface area contributed by atoms with Crippen LogP contribution in [0.15, 0.2) is 12.1 Å². The Hall–Kier alpha value is -1.79. The Balaban J connectivity index is 2.75. The van der Waals surface area contributed by atoms with Crippen molar-refractivity contribution in [1.29, 1.82) is 0 Å². The minimum absolute atomic E-state index is 0.123. The van der Waals surface area contributed by atoms with Gasteiger partial charge in [0.05, 0.1) is 11.5 Å². The van der Waals surface area contributed by atoms with E-state index < -0.39 is 22.4 Å². The Morgan fingerprint density at radius 3 is 2.30 bits per heavy atom. The summed E-state index contributed by atoms with van der Waals surface area (Å²) in [6.07, 6.45) is 1.30. The molecule has 0 atom stereocenters. The molecule has 0 heterocycles. The first-order valence-electron chi connectivity index (χ1n) is 7.76. The average molecular weight is 333 g/mol. The van der Waals surface area contributed by atoms with Gasteiger partial charge in [0.15, 0.2) is 0 Å². The van der Waals surface area contributed by atoms with E-state index in [1.165, 1.54) is 6.92 Å². The number of hydrogen-bond donors (Lipinski definition) is 0. The second kappa shape index (κ2) is 8.74. The molecule has 1 rings (SSSR count). The van der Waals surface area contributed by atoms with Crippen LogP contribution < -0.4 is 4.74 Å². The van der Waals surface area contributed by atoms with Crippen LogP contribution in [-0.4, -0.2) is 11.5 Å². The van der Waals surface area contributed by atoms with E-state index in [0.29, 0.717) is 12.5 Å². The van der Waals surface area contributed by atoms with E-state index in [1.807, 2.05) is 0 Å². The summed E-state index contributed by atoms with van der Waals surface area (Å²) in [4.78, 5) is 9.89. The number of rotatable bonds is 9. The lowest BCUT2D eigenvalue weighted by Gasteiger charge is -2.16. The highest BCUT2D eigenvalue weighted by Crippen LogP contribution is 2.40. The van der Waals surface area contributed by atoms with Crippen LogP contribution in [0.25, 0.3) is 0 Å². The normalized spacial score (nSPS) is 11.5. The maximum Gasteiger partial charge on any atom is 0.420 e. The van der Waals surface area contributed by atoms with Gasteiger partial charge in [-0.3, -0.25) is 10.1 Å². The molecule has 0 aromatic heterocycles. The summed E-state index contributed by atoms with van der Waals surface area (Å²) in [6.45, 7) is 3.67. The van der Waals surface area contributed by atoms with E-state index >= 15 is 0 Å². The first kappa shape index (κ1) is 19.3. The number of nitro benzene ring substituents is 1. The van der Waals surface area contributed by atoms with Gasteiger partial charge in [0, 0.05) is 12.1 Å². The molecule has 23 heavy (non-hydrogen) atoms. The number of aryl methyl sites for hydroxylation is 1. The van der Waals surface area contributed by atoms with Crippen LogP contribution in [0.4, 0.5) is 18.9 Å². The maximum atomic E-state index is 13.1. The minimum Gasteiger partial charge on any atom is -0.493 e. The van der Waals surface area contributed by atoms with Gasteiger partial charge >= 0.3 is 6.18 Å². The van der Waals surface area contributed by atoms with Gasteiger partial charge in [0.25, 0.3) is 5.69 Å². The van der Waals surface area contributed by atoms with Crippen molar-refractivity contribution in [2.75, 3.05) is 6.61 Å². The standard InChI is InChI=1S/C16H22F3NO3/c1-3-4-5-6-7-8-9-23-15-12(2)10-13(20(21)22)11-14(15)16(17,18)19/h10-11H,3-9H2,1-2H3. The molecule has 0 amide bonds. The Morgan fingerprint density at radius 1 is 1.13 bits per heavy atom. The van der Waals surface area contributed by atoms with E-state index in [2.05, 4.69) is 6.92 Å². The number of nitro groups is 1. The monoisotopic (exact) mass is 333 g/mol. The van der Waals surface area contributed by atoms with Crippen LogP contribution in [0, 0.1) is 17.0 Å². The number of nitrogens with zero attached hydrogens (tertiary/aromatic N) is 1. The van der Waals surface area contributed by atoms with Crippen molar-refractivity contribution in [3.63, 3.8) is 0 Å². The van der Waals surface area contributed by atoms with E-state index in [1.54, 1.807) is 0 Å². The molecule has 4 nitrogen and oxygen atoms in total. The number of benzene rings is 1. The second-order valence-corrected chi connectivity index (χ2v) is 5.51. The number of ether oxygens (including phenoxy) is 1. The van der Waals surface area contributed by atoms with Gasteiger partial charge in [-0.1, -0.05) is 39.0 Å². The van der Waals surface area contributed by atoms with E-state index in [0.717, 1.165) is 38.2 Å². The molecule has 0 aliphatic heterocycles. The first-order chi connectivity index (χ1) is 10.8. The molecular formula is C16H22F3NO3. The SMILES string of the molecule is CCCCCCCCOc1c(C)cc([N+](=O)[O-])cc1C(F)(F)F. The van der Waals surface area contributed by atoms with E-state index in [-0.39, 0.29) is 17.9 Å². The zero-order valence-electron chi connectivity index (χ0n) is 13.4. The summed E-state index contributed by atoms with van der Waals surface area (Å²) in [7, 11) is 0. The van der Waals surface area contributed by atoms with Crippen molar-refractivity contribution in [1.82, 2.24) is 0 Å². The highest BCUT2D eigenvalue weighted by molar-refractivity contribution is 5.50. The van der Waals surface area contributed by atoms with Crippen LogP contribution in [0.2, 0.25) is 0 Å². The fourth-order valence-corrected chi connectivity index (χ4v) is 2.32. The zero-order chi connectivity index (χ0) is 17.5. The van der Waals surface area contributed by atoms with Gasteiger partial charge in [-0.2, -0.15) is 13.2 Å². The molecule has 7 heteroatoms. The van der Waals surface area contributed by atoms with Gasteiger partial charge < -0.3 is 4.74 Å². The molecule has 0 bridgehead atoms. The molecule has 130 valence electrons. The van der Waals surface area contributed by atoms with Crippen LogP contribution in [-0.2, 0) is 6.18 Å². The minimum atomic E-state index is -4.69. The number of non-ortho nitro benzene ring substituents is 1. The smallest absolute Gasteiger partial charge is 0.420 e. The molecule has 1 aromatic carbocycles. The summed E-state index contributed by atoms with van der Waals surface area (Å²) in [5, 5.41) is 10.7. The molecular weight excluding hydrogens is 311 g/mol. The Morgan fingerprint density at radius 2 is 1.74 bits per heavy atom. The van der Waals surface area contributed by atoms with Crippen molar-refractivity contribution >= 4 is 5.69 Å². The molecule has 1 aromatic rings. The summed E-state index contributed by atoms with van der Waals surface area (Å²) in [5.41, 5.74) is -1.55. The van der Waals surface area contributed by atoms with Gasteiger partial charge in [-0.05, 0) is 18.9 Å². The van der Waals surface area contributed by atoms with Crippen LogP contribution in [0.3, 0.4) is 0 Å².